The monoisotopic (exact) mass is 488 g/mol. The Bertz CT molecular complexity index is 322. The van der Waals surface area contributed by atoms with Crippen molar-refractivity contribution < 1.29 is 52.7 Å². The fraction of sp³-hybridized carbons (Fsp3) is 1.00. The summed E-state index contributed by atoms with van der Waals surface area (Å²) >= 11 is -1.20. The van der Waals surface area contributed by atoms with E-state index in [4.69, 9.17) is 0 Å². The molecule has 0 atom stereocenters. The van der Waals surface area contributed by atoms with Crippen LogP contribution in [0.2, 0.25) is 0 Å². The molecule has 0 spiro atoms. The predicted molar refractivity (Wildman–Crippen MR) is 79.8 cm³/mol. The van der Waals surface area contributed by atoms with Gasteiger partial charge in [-0.1, -0.05) is 0 Å². The van der Waals surface area contributed by atoms with Gasteiger partial charge in [-0.2, -0.15) is 52.7 Å². The maximum atomic E-state index is 12.3. The molecule has 0 saturated heterocycles. The highest BCUT2D eigenvalue weighted by atomic mass is 32.9. The standard InChI is InChI=1S/C8H8F12S4Si/c9-5(10,11)1-21-25(22-2-6(12,13)14,23-3-7(15,16)17)24-4-8(18,19)20/h1-4H2. The molecule has 0 saturated carbocycles. The first-order valence-corrected chi connectivity index (χ1v) is 14.5. The fourth-order valence-electron chi connectivity index (χ4n) is 0.931. The third-order valence-corrected chi connectivity index (χ3v) is 23.7. The van der Waals surface area contributed by atoms with Crippen molar-refractivity contribution in [1.29, 1.82) is 0 Å². The molecular weight excluding hydrogens is 480 g/mol. The van der Waals surface area contributed by atoms with E-state index in [1.165, 1.54) is 0 Å². The average molecular weight is 488 g/mol. The van der Waals surface area contributed by atoms with Crippen molar-refractivity contribution in [2.45, 2.75) is 24.7 Å². The highest BCUT2D eigenvalue weighted by Crippen LogP contribution is 2.54. The number of alkyl halides is 12. The molecule has 0 fully saturated rings. The summed E-state index contributed by atoms with van der Waals surface area (Å²) in [5.41, 5.74) is 0. The van der Waals surface area contributed by atoms with Crippen LogP contribution < -0.4 is 0 Å². The number of rotatable bonds is 8. The predicted octanol–water partition coefficient (Wildman–Crippen LogP) is 6.60. The van der Waals surface area contributed by atoms with E-state index >= 15 is 0 Å². The normalized spacial score (nSPS) is 14.9. The first kappa shape index (κ1) is 25.8. The van der Waals surface area contributed by atoms with Crippen molar-refractivity contribution in [3.05, 3.63) is 0 Å². The summed E-state index contributed by atoms with van der Waals surface area (Å²) in [7, 11) is 0. The maximum absolute atomic E-state index is 12.3. The van der Waals surface area contributed by atoms with Crippen molar-refractivity contribution in [3.8, 4) is 0 Å². The molecule has 0 aliphatic rings. The summed E-state index contributed by atoms with van der Waals surface area (Å²) in [5, 5.41) is 0. The van der Waals surface area contributed by atoms with Crippen LogP contribution in [0.1, 0.15) is 0 Å². The number of hydrogen-bond acceptors (Lipinski definition) is 4. The van der Waals surface area contributed by atoms with Crippen molar-refractivity contribution in [2.75, 3.05) is 23.0 Å². The third kappa shape index (κ3) is 15.5. The molecule has 0 rings (SSSR count). The summed E-state index contributed by atoms with van der Waals surface area (Å²) in [6.45, 7) is 0. The molecule has 0 aliphatic heterocycles. The topological polar surface area (TPSA) is 0 Å². The summed E-state index contributed by atoms with van der Waals surface area (Å²) < 4.78 is 143. The molecule has 0 radical (unpaired) electrons. The van der Waals surface area contributed by atoms with E-state index in [0.29, 0.717) is 0 Å². The Morgan fingerprint density at radius 3 is 0.680 bits per heavy atom. The molecule has 0 nitrogen and oxygen atoms in total. The lowest BCUT2D eigenvalue weighted by Crippen LogP contribution is -2.31. The van der Waals surface area contributed by atoms with E-state index < -0.39 is 52.4 Å². The summed E-state index contributed by atoms with van der Waals surface area (Å²) in [4.78, 5) is 0. The zero-order valence-electron chi connectivity index (χ0n) is 11.5. The van der Waals surface area contributed by atoms with E-state index in [1.54, 1.807) is 0 Å². The quantitative estimate of drug-likeness (QED) is 0.279. The van der Waals surface area contributed by atoms with Gasteiger partial charge in [0.1, 0.15) is 0 Å². The van der Waals surface area contributed by atoms with Gasteiger partial charge in [-0.15, -0.1) is 44.8 Å². The smallest absolute Gasteiger partial charge is 0.170 e. The van der Waals surface area contributed by atoms with Gasteiger partial charge in [0.2, 0.25) is 0 Å². The SMILES string of the molecule is FC(F)(F)CS[Si](SCC(F)(F)F)(SCC(F)(F)F)SCC(F)(F)F. The van der Waals surface area contributed by atoms with Gasteiger partial charge in [-0.05, 0) is 0 Å². The number of hydrogen-bond donors (Lipinski definition) is 0. The molecule has 152 valence electrons. The van der Waals surface area contributed by atoms with E-state index in [9.17, 15) is 52.7 Å². The Labute approximate surface area is 150 Å². The molecule has 0 aliphatic carbocycles. The molecule has 0 unspecified atom stereocenters. The molecule has 0 bridgehead atoms. The highest BCUT2D eigenvalue weighted by Gasteiger charge is 2.48. The molecule has 0 aromatic heterocycles. The van der Waals surface area contributed by atoms with Gasteiger partial charge in [-0.3, -0.25) is 0 Å². The first-order chi connectivity index (χ1) is 10.8. The minimum atomic E-state index is -4.95. The van der Waals surface area contributed by atoms with E-state index in [2.05, 4.69) is 0 Å². The Morgan fingerprint density at radius 2 is 0.560 bits per heavy atom. The summed E-state index contributed by atoms with van der Waals surface area (Å²) in [6.07, 6.45) is -19.8. The lowest BCUT2D eigenvalue weighted by molar-refractivity contribution is -0.105. The molecule has 0 heterocycles. The van der Waals surface area contributed by atoms with Gasteiger partial charge in [0.15, 0.2) is 0 Å². The molecule has 17 heteroatoms. The molecule has 0 aromatic carbocycles. The van der Waals surface area contributed by atoms with Gasteiger partial charge >= 0.3 is 29.4 Å². The van der Waals surface area contributed by atoms with Crippen LogP contribution in [0.25, 0.3) is 0 Å². The van der Waals surface area contributed by atoms with Crippen LogP contribution in [0, 0.1) is 0 Å². The van der Waals surface area contributed by atoms with Crippen LogP contribution in [0.5, 0.6) is 0 Å². The minimum Gasteiger partial charge on any atom is -0.170 e. The lowest BCUT2D eigenvalue weighted by Gasteiger charge is -2.30. The van der Waals surface area contributed by atoms with Crippen LogP contribution in [-0.4, -0.2) is 52.4 Å². The first-order valence-electron chi connectivity index (χ1n) is 5.65. The Hall–Kier alpha value is 0.777. The molecule has 0 amide bonds. The molecular formula is C8H8F12S4Si. The second kappa shape index (κ2) is 9.32. The van der Waals surface area contributed by atoms with Crippen molar-refractivity contribution in [2.24, 2.45) is 0 Å². The lowest BCUT2D eigenvalue weighted by atomic mass is 10.8. The van der Waals surface area contributed by atoms with Gasteiger partial charge in [0.25, 0.3) is 0 Å². The largest absolute Gasteiger partial charge is 0.397 e. The minimum absolute atomic E-state index is 0.299. The average Bonchev–Trinajstić information content (AvgIpc) is 2.33. The molecule has 0 N–H and O–H groups in total. The second-order valence-corrected chi connectivity index (χ2v) is 22.9. The van der Waals surface area contributed by atoms with Crippen LogP contribution in [0.3, 0.4) is 0 Å². The molecule has 25 heavy (non-hydrogen) atoms. The fourth-order valence-corrected chi connectivity index (χ4v) is 19.2. The van der Waals surface area contributed by atoms with Gasteiger partial charge in [0.05, 0.1) is 23.0 Å². The van der Waals surface area contributed by atoms with Crippen LogP contribution in [-0.2, 0) is 0 Å². The Kier molecular flexibility index (Phi) is 9.61. The van der Waals surface area contributed by atoms with E-state index in [1.807, 2.05) is 0 Å². The van der Waals surface area contributed by atoms with E-state index in [0.717, 1.165) is 0 Å². The van der Waals surface area contributed by atoms with Crippen LogP contribution in [0.15, 0.2) is 0 Å². The van der Waals surface area contributed by atoms with Crippen molar-refractivity contribution in [3.63, 3.8) is 0 Å². The number of halogens is 12. The van der Waals surface area contributed by atoms with Gasteiger partial charge in [-0.25, -0.2) is 0 Å². The van der Waals surface area contributed by atoms with E-state index in [-0.39, 0.29) is 44.8 Å². The third-order valence-electron chi connectivity index (χ3n) is 1.65. The maximum Gasteiger partial charge on any atom is 0.397 e. The van der Waals surface area contributed by atoms with Gasteiger partial charge < -0.3 is 0 Å². The summed E-state index contributed by atoms with van der Waals surface area (Å²) in [5.74, 6) is -7.33. The Morgan fingerprint density at radius 1 is 0.400 bits per heavy atom. The molecule has 0 aromatic rings. The zero-order chi connectivity index (χ0) is 20.2. The van der Waals surface area contributed by atoms with Crippen LogP contribution in [0.4, 0.5) is 52.7 Å². The van der Waals surface area contributed by atoms with Gasteiger partial charge in [0, 0.05) is 0 Å². The Balaban J connectivity index is 5.41. The van der Waals surface area contributed by atoms with Crippen LogP contribution >= 0.6 is 44.8 Å². The van der Waals surface area contributed by atoms with Crippen molar-refractivity contribution >= 4 is 49.5 Å². The summed E-state index contributed by atoms with van der Waals surface area (Å²) in [6, 6.07) is 0. The van der Waals surface area contributed by atoms with Crippen molar-refractivity contribution in [1.82, 2.24) is 0 Å². The second-order valence-electron chi connectivity index (χ2n) is 4.12. The highest BCUT2D eigenvalue weighted by molar-refractivity contribution is 8.99. The zero-order valence-corrected chi connectivity index (χ0v) is 15.8.